The summed E-state index contributed by atoms with van der Waals surface area (Å²) in [5.74, 6) is -1.22. The Kier molecular flexibility index (Phi) is 5.25. The van der Waals surface area contributed by atoms with E-state index < -0.39 is 11.9 Å². The number of anilines is 1. The van der Waals surface area contributed by atoms with Crippen molar-refractivity contribution in [3.63, 3.8) is 0 Å². The van der Waals surface area contributed by atoms with E-state index in [1.807, 2.05) is 0 Å². The molecule has 1 aromatic carbocycles. The van der Waals surface area contributed by atoms with Crippen molar-refractivity contribution in [2.75, 3.05) is 5.73 Å². The van der Waals surface area contributed by atoms with Crippen LogP contribution in [-0.4, -0.2) is 30.8 Å². The fourth-order valence-electron chi connectivity index (χ4n) is 3.08. The second-order valence-corrected chi connectivity index (χ2v) is 6.85. The number of carboxylic acids is 1. The third-order valence-electron chi connectivity index (χ3n) is 4.63. The van der Waals surface area contributed by atoms with E-state index in [9.17, 15) is 14.3 Å². The Morgan fingerprint density at radius 1 is 1.20 bits per heavy atom. The highest BCUT2D eigenvalue weighted by Crippen LogP contribution is 2.23. The molecule has 152 valence electrons. The van der Waals surface area contributed by atoms with E-state index in [1.165, 1.54) is 12.1 Å². The minimum absolute atomic E-state index is 0.248. The van der Waals surface area contributed by atoms with Crippen LogP contribution in [0.4, 0.5) is 10.2 Å². The summed E-state index contributed by atoms with van der Waals surface area (Å²) in [5.41, 5.74) is 8.11. The summed E-state index contributed by atoms with van der Waals surface area (Å²) in [6.45, 7) is 0.355. The number of nitrogens with two attached hydrogens (primary N) is 1. The van der Waals surface area contributed by atoms with Gasteiger partial charge in [0.05, 0.1) is 18.6 Å². The molecular weight excluding hydrogens is 389 g/mol. The Bertz CT molecular complexity index is 1150. The summed E-state index contributed by atoms with van der Waals surface area (Å²) in [5, 5.41) is 13.7. The molecule has 4 rings (SSSR count). The molecule has 0 saturated carbocycles. The second-order valence-electron chi connectivity index (χ2n) is 6.85. The standard InChI is InChI=1S/C21H18FN5O3/c22-15-4-2-14(3-5-15)19-8-16(26-30-19)10-27-11-18(25-12-27)17(21(28)29)7-13-1-6-20(23)24-9-13/h1-6,8-9,11-12,17H,7,10H2,(H2,23,24)(H,28,29). The van der Waals surface area contributed by atoms with Gasteiger partial charge in [-0.25, -0.2) is 14.4 Å². The minimum atomic E-state index is -0.975. The number of nitrogens with zero attached hydrogens (tertiary/aromatic N) is 4. The average Bonchev–Trinajstić information content (AvgIpc) is 3.38. The van der Waals surface area contributed by atoms with Crippen LogP contribution in [0.2, 0.25) is 0 Å². The SMILES string of the molecule is Nc1ccc(CC(C(=O)O)c2cn(Cc3cc(-c4ccc(F)cc4)on3)cn2)cn1. The van der Waals surface area contributed by atoms with Gasteiger partial charge >= 0.3 is 5.97 Å². The normalized spacial score (nSPS) is 12.0. The van der Waals surface area contributed by atoms with E-state index in [4.69, 9.17) is 10.3 Å². The molecule has 30 heavy (non-hydrogen) atoms. The summed E-state index contributed by atoms with van der Waals surface area (Å²) < 4.78 is 20.1. The maximum absolute atomic E-state index is 13.1. The second kappa shape index (κ2) is 8.16. The number of aromatic nitrogens is 4. The van der Waals surface area contributed by atoms with E-state index in [-0.39, 0.29) is 12.2 Å². The zero-order chi connectivity index (χ0) is 21.1. The maximum Gasteiger partial charge on any atom is 0.312 e. The molecule has 9 heteroatoms. The number of rotatable bonds is 7. The number of carbonyl (C=O) groups is 1. The van der Waals surface area contributed by atoms with Crippen LogP contribution < -0.4 is 5.73 Å². The van der Waals surface area contributed by atoms with Crippen LogP contribution in [-0.2, 0) is 17.8 Å². The number of benzene rings is 1. The monoisotopic (exact) mass is 407 g/mol. The van der Waals surface area contributed by atoms with Crippen molar-refractivity contribution in [1.82, 2.24) is 19.7 Å². The molecule has 0 radical (unpaired) electrons. The summed E-state index contributed by atoms with van der Waals surface area (Å²) in [6, 6.07) is 11.1. The average molecular weight is 407 g/mol. The van der Waals surface area contributed by atoms with Crippen LogP contribution in [0.15, 0.2) is 65.7 Å². The van der Waals surface area contributed by atoms with Crippen LogP contribution >= 0.6 is 0 Å². The molecule has 0 aliphatic carbocycles. The Labute approximate surface area is 170 Å². The first-order valence-electron chi connectivity index (χ1n) is 9.14. The fourth-order valence-corrected chi connectivity index (χ4v) is 3.08. The van der Waals surface area contributed by atoms with Gasteiger partial charge in [0.2, 0.25) is 0 Å². The lowest BCUT2D eigenvalue weighted by Gasteiger charge is -2.09. The molecule has 0 amide bonds. The van der Waals surface area contributed by atoms with Crippen molar-refractivity contribution in [2.24, 2.45) is 0 Å². The van der Waals surface area contributed by atoms with Crippen LogP contribution in [0.5, 0.6) is 0 Å². The van der Waals surface area contributed by atoms with Gasteiger partial charge in [0, 0.05) is 24.0 Å². The molecule has 0 aliphatic heterocycles. The summed E-state index contributed by atoms with van der Waals surface area (Å²) in [6.07, 6.45) is 5.04. The topological polar surface area (TPSA) is 120 Å². The molecule has 0 spiro atoms. The maximum atomic E-state index is 13.1. The number of halogens is 1. The van der Waals surface area contributed by atoms with Gasteiger partial charge in [-0.05, 0) is 42.3 Å². The minimum Gasteiger partial charge on any atom is -0.481 e. The van der Waals surface area contributed by atoms with Crippen molar-refractivity contribution >= 4 is 11.8 Å². The third kappa shape index (κ3) is 4.35. The quantitative estimate of drug-likeness (QED) is 0.483. The number of imidazole rings is 1. The summed E-state index contributed by atoms with van der Waals surface area (Å²) >= 11 is 0. The van der Waals surface area contributed by atoms with E-state index >= 15 is 0 Å². The molecule has 3 aromatic heterocycles. The lowest BCUT2D eigenvalue weighted by atomic mass is 9.98. The van der Waals surface area contributed by atoms with E-state index in [2.05, 4.69) is 15.1 Å². The number of pyridine rings is 1. The van der Waals surface area contributed by atoms with Crippen molar-refractivity contribution < 1.29 is 18.8 Å². The number of hydrogen-bond donors (Lipinski definition) is 2. The van der Waals surface area contributed by atoms with E-state index in [1.54, 1.807) is 53.6 Å². The molecule has 3 heterocycles. The van der Waals surface area contributed by atoms with Crippen molar-refractivity contribution in [2.45, 2.75) is 18.9 Å². The zero-order valence-corrected chi connectivity index (χ0v) is 15.8. The Morgan fingerprint density at radius 3 is 2.70 bits per heavy atom. The molecule has 1 atom stereocenters. The Hall–Kier alpha value is -4.01. The van der Waals surface area contributed by atoms with Gasteiger partial charge in [0.25, 0.3) is 0 Å². The Morgan fingerprint density at radius 2 is 2.00 bits per heavy atom. The smallest absolute Gasteiger partial charge is 0.312 e. The van der Waals surface area contributed by atoms with Crippen LogP contribution in [0, 0.1) is 5.82 Å². The van der Waals surface area contributed by atoms with Gasteiger partial charge in [-0.3, -0.25) is 4.79 Å². The number of aliphatic carboxylic acids is 1. The third-order valence-corrected chi connectivity index (χ3v) is 4.63. The van der Waals surface area contributed by atoms with Crippen LogP contribution in [0.1, 0.15) is 22.9 Å². The van der Waals surface area contributed by atoms with Crippen molar-refractivity contribution in [3.8, 4) is 11.3 Å². The molecule has 0 bridgehead atoms. The summed E-state index contributed by atoms with van der Waals surface area (Å²) in [7, 11) is 0. The molecule has 0 aliphatic rings. The molecule has 4 aromatic rings. The summed E-state index contributed by atoms with van der Waals surface area (Å²) in [4.78, 5) is 20.0. The lowest BCUT2D eigenvalue weighted by molar-refractivity contribution is -0.138. The molecule has 0 saturated heterocycles. The van der Waals surface area contributed by atoms with Crippen molar-refractivity contribution in [3.05, 3.63) is 84.0 Å². The number of nitrogen functional groups attached to an aromatic ring is 1. The van der Waals surface area contributed by atoms with Gasteiger partial charge in [0.15, 0.2) is 5.76 Å². The number of hydrogen-bond acceptors (Lipinski definition) is 6. The molecule has 1 unspecified atom stereocenters. The number of carboxylic acid groups (broad SMARTS) is 1. The van der Waals surface area contributed by atoms with Gasteiger partial charge in [0.1, 0.15) is 23.2 Å². The van der Waals surface area contributed by atoms with Gasteiger partial charge in [-0.2, -0.15) is 0 Å². The van der Waals surface area contributed by atoms with Gasteiger partial charge in [-0.1, -0.05) is 11.2 Å². The van der Waals surface area contributed by atoms with E-state index in [0.29, 0.717) is 35.1 Å². The van der Waals surface area contributed by atoms with Crippen LogP contribution in [0.3, 0.4) is 0 Å². The predicted molar refractivity (Wildman–Crippen MR) is 106 cm³/mol. The van der Waals surface area contributed by atoms with Crippen molar-refractivity contribution in [1.29, 1.82) is 0 Å². The highest BCUT2D eigenvalue weighted by molar-refractivity contribution is 5.75. The zero-order valence-electron chi connectivity index (χ0n) is 15.8. The fraction of sp³-hybridized carbons (Fsp3) is 0.143. The molecule has 3 N–H and O–H groups in total. The Balaban J connectivity index is 1.48. The van der Waals surface area contributed by atoms with Gasteiger partial charge in [-0.15, -0.1) is 0 Å². The predicted octanol–water partition coefficient (Wildman–Crippen LogP) is 3.11. The molecule has 8 nitrogen and oxygen atoms in total. The first-order valence-corrected chi connectivity index (χ1v) is 9.14. The van der Waals surface area contributed by atoms with Crippen LogP contribution in [0.25, 0.3) is 11.3 Å². The molecular formula is C21H18FN5O3. The molecule has 0 fully saturated rings. The highest BCUT2D eigenvalue weighted by atomic mass is 19.1. The first-order chi connectivity index (χ1) is 14.5. The van der Waals surface area contributed by atoms with E-state index in [0.717, 1.165) is 5.56 Å². The highest BCUT2D eigenvalue weighted by Gasteiger charge is 2.23. The van der Waals surface area contributed by atoms with Gasteiger partial charge < -0.3 is 19.9 Å². The largest absolute Gasteiger partial charge is 0.481 e. The first kappa shape index (κ1) is 19.3. The lowest BCUT2D eigenvalue weighted by Crippen LogP contribution is -2.15.